The fourth-order valence-corrected chi connectivity index (χ4v) is 3.75. The van der Waals surface area contributed by atoms with Gasteiger partial charge >= 0.3 is 0 Å². The maximum absolute atomic E-state index is 12.4. The summed E-state index contributed by atoms with van der Waals surface area (Å²) in [5.74, 6) is 0.381. The summed E-state index contributed by atoms with van der Waals surface area (Å²) in [6.07, 6.45) is 0. The van der Waals surface area contributed by atoms with Crippen molar-refractivity contribution in [3.63, 3.8) is 0 Å². The quantitative estimate of drug-likeness (QED) is 0.714. The maximum atomic E-state index is 12.4. The predicted octanol–water partition coefficient (Wildman–Crippen LogP) is 2.67. The molecule has 2 aromatic carbocycles. The molecule has 3 aromatic rings. The van der Waals surface area contributed by atoms with Gasteiger partial charge in [-0.05, 0) is 35.7 Å². The number of para-hydroxylation sites is 1. The zero-order valence-electron chi connectivity index (χ0n) is 13.2. The first-order valence-electron chi connectivity index (χ1n) is 7.35. The van der Waals surface area contributed by atoms with Crippen molar-refractivity contribution < 1.29 is 13.2 Å². The number of sulfonamides is 1. The Labute approximate surface area is 149 Å². The highest BCUT2D eigenvalue weighted by Crippen LogP contribution is 2.26. The van der Waals surface area contributed by atoms with E-state index in [0.29, 0.717) is 16.8 Å². The zero-order chi connectivity index (χ0) is 18.0. The number of benzene rings is 2. The molecule has 3 rings (SSSR count). The molecule has 0 bridgehead atoms. The normalized spacial score (nSPS) is 11.6. The minimum Gasteiger partial charge on any atom is -0.495 e. The van der Waals surface area contributed by atoms with Crippen LogP contribution in [0.3, 0.4) is 0 Å². The van der Waals surface area contributed by atoms with E-state index in [4.69, 9.17) is 16.3 Å². The Bertz CT molecular complexity index is 1090. The molecule has 25 heavy (non-hydrogen) atoms. The number of rotatable bonds is 5. The van der Waals surface area contributed by atoms with Crippen LogP contribution < -0.4 is 15.0 Å². The van der Waals surface area contributed by atoms with Crippen LogP contribution in [0.15, 0.2) is 58.2 Å². The van der Waals surface area contributed by atoms with Gasteiger partial charge in [-0.2, -0.15) is 0 Å². The Morgan fingerprint density at radius 3 is 2.64 bits per heavy atom. The van der Waals surface area contributed by atoms with Gasteiger partial charge in [-0.25, -0.2) is 13.1 Å². The topological polar surface area (TPSA) is 88.3 Å². The third kappa shape index (κ3) is 3.68. The Hall–Kier alpha value is -2.35. The lowest BCUT2D eigenvalue weighted by Gasteiger charge is -2.09. The number of nitrogens with one attached hydrogen (secondary N) is 2. The van der Waals surface area contributed by atoms with Gasteiger partial charge in [-0.1, -0.05) is 29.8 Å². The molecule has 6 nitrogen and oxygen atoms in total. The Kier molecular flexibility index (Phi) is 4.80. The molecule has 0 spiro atoms. The van der Waals surface area contributed by atoms with Crippen LogP contribution in [0.1, 0.15) is 5.56 Å². The molecule has 0 saturated carbocycles. The van der Waals surface area contributed by atoms with Crippen molar-refractivity contribution >= 4 is 32.5 Å². The number of hydrogen-bond acceptors (Lipinski definition) is 4. The van der Waals surface area contributed by atoms with Crippen molar-refractivity contribution in [1.82, 2.24) is 9.71 Å². The van der Waals surface area contributed by atoms with Crippen LogP contribution in [0.4, 0.5) is 0 Å². The summed E-state index contributed by atoms with van der Waals surface area (Å²) < 4.78 is 32.2. The molecular formula is C17H15ClN2O4S. The van der Waals surface area contributed by atoms with Gasteiger partial charge in [0.2, 0.25) is 10.0 Å². The molecule has 0 fully saturated rings. The second-order valence-corrected chi connectivity index (χ2v) is 7.51. The van der Waals surface area contributed by atoms with Crippen LogP contribution in [-0.2, 0) is 16.6 Å². The molecule has 0 aliphatic heterocycles. The fraction of sp³-hybridized carbons (Fsp3) is 0.118. The van der Waals surface area contributed by atoms with Crippen molar-refractivity contribution in [2.24, 2.45) is 0 Å². The molecule has 130 valence electrons. The number of hydrogen-bond donors (Lipinski definition) is 2. The highest BCUT2D eigenvalue weighted by atomic mass is 35.5. The molecule has 0 radical (unpaired) electrons. The standard InChI is InChI=1S/C17H15ClN2O4S/c1-24-16-7-6-13(9-14(16)18)25(22,23)19-10-12-8-11-4-2-3-5-15(11)20-17(12)21/h2-9,19H,10H2,1H3,(H,20,21). The summed E-state index contributed by atoms with van der Waals surface area (Å²) in [7, 11) is -2.37. The number of H-pyrrole nitrogens is 1. The number of methoxy groups -OCH3 is 1. The smallest absolute Gasteiger partial charge is 0.252 e. The van der Waals surface area contributed by atoms with Gasteiger partial charge in [0.25, 0.3) is 5.56 Å². The Morgan fingerprint density at radius 1 is 1.16 bits per heavy atom. The van der Waals surface area contributed by atoms with Crippen molar-refractivity contribution in [3.05, 3.63) is 69.5 Å². The molecular weight excluding hydrogens is 364 g/mol. The first-order chi connectivity index (χ1) is 11.9. The van der Waals surface area contributed by atoms with Crippen LogP contribution >= 0.6 is 11.6 Å². The van der Waals surface area contributed by atoms with Crippen LogP contribution in [-0.4, -0.2) is 20.5 Å². The molecule has 2 N–H and O–H groups in total. The molecule has 0 aliphatic carbocycles. The third-order valence-corrected chi connectivity index (χ3v) is 5.41. The molecule has 0 saturated heterocycles. The minimum absolute atomic E-state index is 0.00415. The van der Waals surface area contributed by atoms with Gasteiger partial charge in [0.05, 0.1) is 17.0 Å². The summed E-state index contributed by atoms with van der Waals surface area (Å²) >= 11 is 5.97. The van der Waals surface area contributed by atoms with Gasteiger partial charge < -0.3 is 9.72 Å². The average Bonchev–Trinajstić information content (AvgIpc) is 2.60. The van der Waals surface area contributed by atoms with E-state index in [2.05, 4.69) is 9.71 Å². The van der Waals surface area contributed by atoms with Gasteiger partial charge in [0.1, 0.15) is 5.75 Å². The first kappa shape index (κ1) is 17.5. The van der Waals surface area contributed by atoms with Crippen molar-refractivity contribution in [1.29, 1.82) is 0 Å². The molecule has 1 aromatic heterocycles. The van der Waals surface area contributed by atoms with E-state index >= 15 is 0 Å². The van der Waals surface area contributed by atoms with Gasteiger partial charge in [-0.3, -0.25) is 4.79 Å². The zero-order valence-corrected chi connectivity index (χ0v) is 14.8. The molecule has 0 unspecified atom stereocenters. The van der Waals surface area contributed by atoms with Crippen molar-refractivity contribution in [2.45, 2.75) is 11.4 Å². The molecule has 0 atom stereocenters. The van der Waals surface area contributed by atoms with E-state index in [9.17, 15) is 13.2 Å². The van der Waals surface area contributed by atoms with Crippen LogP contribution in [0.25, 0.3) is 10.9 Å². The van der Waals surface area contributed by atoms with E-state index in [1.807, 2.05) is 18.2 Å². The SMILES string of the molecule is COc1ccc(S(=O)(=O)NCc2cc3ccccc3[nH]c2=O)cc1Cl. The number of pyridine rings is 1. The highest BCUT2D eigenvalue weighted by molar-refractivity contribution is 7.89. The van der Waals surface area contributed by atoms with Crippen molar-refractivity contribution in [3.8, 4) is 5.75 Å². The van der Waals surface area contributed by atoms with E-state index in [1.165, 1.54) is 25.3 Å². The fourth-order valence-electron chi connectivity index (χ4n) is 2.39. The van der Waals surface area contributed by atoms with Crippen LogP contribution in [0.2, 0.25) is 5.02 Å². The average molecular weight is 379 g/mol. The summed E-state index contributed by atoms with van der Waals surface area (Å²) in [4.78, 5) is 14.8. The third-order valence-electron chi connectivity index (χ3n) is 3.72. The number of halogens is 1. The van der Waals surface area contributed by atoms with Crippen LogP contribution in [0, 0.1) is 0 Å². The van der Waals surface area contributed by atoms with Gasteiger partial charge in [-0.15, -0.1) is 0 Å². The summed E-state index contributed by atoms with van der Waals surface area (Å²) in [6.45, 7) is -0.133. The number of aromatic amines is 1. The second-order valence-electron chi connectivity index (χ2n) is 5.33. The van der Waals surface area contributed by atoms with Gasteiger partial charge in [0, 0.05) is 17.6 Å². The van der Waals surface area contributed by atoms with Crippen LogP contribution in [0.5, 0.6) is 5.75 Å². The van der Waals surface area contributed by atoms with Gasteiger partial charge in [0.15, 0.2) is 0 Å². The summed E-state index contributed by atoms with van der Waals surface area (Å²) in [6, 6.07) is 13.1. The monoisotopic (exact) mass is 378 g/mol. The lowest BCUT2D eigenvalue weighted by Crippen LogP contribution is -2.27. The maximum Gasteiger partial charge on any atom is 0.252 e. The van der Waals surface area contributed by atoms with E-state index in [0.717, 1.165) is 5.39 Å². The highest BCUT2D eigenvalue weighted by Gasteiger charge is 2.16. The Balaban J connectivity index is 1.86. The minimum atomic E-state index is -3.82. The largest absolute Gasteiger partial charge is 0.495 e. The number of fused-ring (bicyclic) bond motifs is 1. The second kappa shape index (κ2) is 6.87. The molecule has 0 aliphatic rings. The van der Waals surface area contributed by atoms with Crippen molar-refractivity contribution in [2.75, 3.05) is 7.11 Å². The van der Waals surface area contributed by atoms with E-state index in [-0.39, 0.29) is 22.0 Å². The lowest BCUT2D eigenvalue weighted by molar-refractivity contribution is 0.414. The summed E-state index contributed by atoms with van der Waals surface area (Å²) in [5, 5.41) is 1.01. The number of ether oxygens (including phenoxy) is 1. The molecule has 0 amide bonds. The lowest BCUT2D eigenvalue weighted by atomic mass is 10.1. The molecule has 1 heterocycles. The predicted molar refractivity (Wildman–Crippen MR) is 96.6 cm³/mol. The van der Waals surface area contributed by atoms with E-state index < -0.39 is 10.0 Å². The molecule has 8 heteroatoms. The Morgan fingerprint density at radius 2 is 1.92 bits per heavy atom. The van der Waals surface area contributed by atoms with E-state index in [1.54, 1.807) is 12.1 Å². The summed E-state index contributed by atoms with van der Waals surface area (Å²) in [5.41, 5.74) is 0.678. The first-order valence-corrected chi connectivity index (χ1v) is 9.21. The number of aromatic nitrogens is 1.